The molecule has 0 fully saturated rings. The molecule has 6 nitrogen and oxygen atoms in total. The number of esters is 3. The molecule has 0 saturated carbocycles. The van der Waals surface area contributed by atoms with Crippen molar-refractivity contribution in [3.05, 3.63) is 0 Å². The van der Waals surface area contributed by atoms with Crippen molar-refractivity contribution in [3.8, 4) is 0 Å². The molecule has 2 atom stereocenters. The first-order valence-electron chi connectivity index (χ1n) is 25.6. The third kappa shape index (κ3) is 44.0. The zero-order valence-electron chi connectivity index (χ0n) is 39.8. The third-order valence-corrected chi connectivity index (χ3v) is 12.0. The average Bonchev–Trinajstić information content (AvgIpc) is 3.19. The maximum atomic E-state index is 12.7. The largest absolute Gasteiger partial charge is 0.462 e. The molecule has 0 amide bonds. The Hall–Kier alpha value is -1.59. The van der Waals surface area contributed by atoms with E-state index in [1.165, 1.54) is 161 Å². The molecule has 0 heterocycles. The average molecular weight is 821 g/mol. The van der Waals surface area contributed by atoms with E-state index in [0.717, 1.165) is 75.5 Å². The van der Waals surface area contributed by atoms with Crippen LogP contribution in [0.3, 0.4) is 0 Å². The maximum absolute atomic E-state index is 12.7. The van der Waals surface area contributed by atoms with Crippen LogP contribution in [-0.4, -0.2) is 37.2 Å². The summed E-state index contributed by atoms with van der Waals surface area (Å²) in [4.78, 5) is 37.9. The van der Waals surface area contributed by atoms with Crippen LogP contribution in [0.25, 0.3) is 0 Å². The van der Waals surface area contributed by atoms with Gasteiger partial charge in [-0.05, 0) is 37.0 Å². The standard InChI is InChI=1S/C52H100O6/c1-7-48(6)40-34-28-22-16-12-10-8-9-11-13-17-23-29-35-41-50(53)56-44-49(45-57-51(54)42-36-30-25-19-21-27-33-39-47(4)5)58-52(55)43-37-31-24-18-14-15-20-26-32-38-46(2)3/h46-49H,7-45H2,1-6H3/t48?,49-/m1/s1. The number of unbranched alkanes of at least 4 members (excludes halogenated alkanes) is 27. The predicted molar refractivity (Wildman–Crippen MR) is 247 cm³/mol. The van der Waals surface area contributed by atoms with Crippen LogP contribution in [0, 0.1) is 17.8 Å². The molecule has 0 rings (SSSR count). The molecule has 1 unspecified atom stereocenters. The lowest BCUT2D eigenvalue weighted by Crippen LogP contribution is -2.30. The van der Waals surface area contributed by atoms with Gasteiger partial charge in [-0.1, -0.05) is 241 Å². The lowest BCUT2D eigenvalue weighted by atomic mass is 9.99. The van der Waals surface area contributed by atoms with E-state index in [2.05, 4.69) is 41.5 Å². The lowest BCUT2D eigenvalue weighted by molar-refractivity contribution is -0.167. The second-order valence-electron chi connectivity index (χ2n) is 19.0. The second-order valence-corrected chi connectivity index (χ2v) is 19.0. The molecule has 0 spiro atoms. The van der Waals surface area contributed by atoms with Crippen LogP contribution in [0.5, 0.6) is 0 Å². The van der Waals surface area contributed by atoms with Gasteiger partial charge in [-0.2, -0.15) is 0 Å². The molecule has 6 heteroatoms. The molecule has 0 aliphatic rings. The summed E-state index contributed by atoms with van der Waals surface area (Å²) in [5.74, 6) is 1.63. The summed E-state index contributed by atoms with van der Waals surface area (Å²) < 4.78 is 16.8. The Kier molecular flexibility index (Phi) is 42.3. The van der Waals surface area contributed by atoms with Gasteiger partial charge in [-0.3, -0.25) is 14.4 Å². The lowest BCUT2D eigenvalue weighted by Gasteiger charge is -2.18. The van der Waals surface area contributed by atoms with Gasteiger partial charge in [-0.25, -0.2) is 0 Å². The monoisotopic (exact) mass is 821 g/mol. The molecular weight excluding hydrogens is 721 g/mol. The summed E-state index contributed by atoms with van der Waals surface area (Å²) in [6.45, 7) is 13.7. The topological polar surface area (TPSA) is 78.9 Å². The van der Waals surface area contributed by atoms with Crippen molar-refractivity contribution >= 4 is 17.9 Å². The zero-order valence-corrected chi connectivity index (χ0v) is 39.8. The summed E-state index contributed by atoms with van der Waals surface area (Å²) in [5, 5.41) is 0. The Bertz CT molecular complexity index is 900. The third-order valence-electron chi connectivity index (χ3n) is 12.0. The minimum Gasteiger partial charge on any atom is -0.462 e. The van der Waals surface area contributed by atoms with Crippen LogP contribution in [0.1, 0.15) is 279 Å². The number of rotatable bonds is 45. The van der Waals surface area contributed by atoms with E-state index in [1.807, 2.05) is 0 Å². The molecule has 58 heavy (non-hydrogen) atoms. The summed E-state index contributed by atoms with van der Waals surface area (Å²) in [5.41, 5.74) is 0. The normalized spacial score (nSPS) is 12.6. The maximum Gasteiger partial charge on any atom is 0.306 e. The van der Waals surface area contributed by atoms with E-state index < -0.39 is 6.10 Å². The first-order valence-corrected chi connectivity index (χ1v) is 25.6. The van der Waals surface area contributed by atoms with Crippen LogP contribution in [0.15, 0.2) is 0 Å². The minimum absolute atomic E-state index is 0.0654. The fraction of sp³-hybridized carbons (Fsp3) is 0.942. The van der Waals surface area contributed by atoms with Crippen molar-refractivity contribution in [2.75, 3.05) is 13.2 Å². The summed E-state index contributed by atoms with van der Waals surface area (Å²) in [6.07, 6.45) is 42.4. The van der Waals surface area contributed by atoms with Gasteiger partial charge in [0.15, 0.2) is 6.10 Å². The number of hydrogen-bond acceptors (Lipinski definition) is 6. The Labute approximate surface area is 361 Å². The highest BCUT2D eigenvalue weighted by Crippen LogP contribution is 2.18. The van der Waals surface area contributed by atoms with Crippen molar-refractivity contribution in [1.29, 1.82) is 0 Å². The molecule has 0 aromatic heterocycles. The Balaban J connectivity index is 4.26. The van der Waals surface area contributed by atoms with Crippen LogP contribution < -0.4 is 0 Å². The highest BCUT2D eigenvalue weighted by atomic mass is 16.6. The van der Waals surface area contributed by atoms with E-state index in [4.69, 9.17) is 14.2 Å². The van der Waals surface area contributed by atoms with Crippen molar-refractivity contribution < 1.29 is 28.6 Å². The summed E-state index contributed by atoms with van der Waals surface area (Å²) in [6, 6.07) is 0. The zero-order chi connectivity index (χ0) is 42.7. The fourth-order valence-electron chi connectivity index (χ4n) is 7.73. The van der Waals surface area contributed by atoms with E-state index in [1.54, 1.807) is 0 Å². The number of hydrogen-bond donors (Lipinski definition) is 0. The molecule has 0 bridgehead atoms. The first-order chi connectivity index (χ1) is 28.1. The van der Waals surface area contributed by atoms with Gasteiger partial charge in [0, 0.05) is 19.3 Å². The molecule has 0 aromatic carbocycles. The van der Waals surface area contributed by atoms with Gasteiger partial charge >= 0.3 is 17.9 Å². The highest BCUT2D eigenvalue weighted by Gasteiger charge is 2.19. The smallest absolute Gasteiger partial charge is 0.306 e. The molecule has 344 valence electrons. The van der Waals surface area contributed by atoms with Crippen molar-refractivity contribution in [3.63, 3.8) is 0 Å². The number of carbonyl (C=O) groups is 3. The first kappa shape index (κ1) is 56.4. The minimum atomic E-state index is -0.763. The van der Waals surface area contributed by atoms with Gasteiger partial charge in [0.1, 0.15) is 13.2 Å². The van der Waals surface area contributed by atoms with E-state index in [-0.39, 0.29) is 31.1 Å². The molecule has 0 N–H and O–H groups in total. The molecule has 0 aliphatic carbocycles. The molecule has 0 aliphatic heterocycles. The van der Waals surface area contributed by atoms with Crippen LogP contribution in [0.4, 0.5) is 0 Å². The number of carbonyl (C=O) groups excluding carboxylic acids is 3. The van der Waals surface area contributed by atoms with Gasteiger partial charge in [0.2, 0.25) is 0 Å². The quantitative estimate of drug-likeness (QED) is 0.0346. The van der Waals surface area contributed by atoms with Gasteiger partial charge in [0.25, 0.3) is 0 Å². The summed E-state index contributed by atoms with van der Waals surface area (Å²) in [7, 11) is 0. The number of ether oxygens (including phenoxy) is 3. The Morgan fingerprint density at radius 3 is 0.897 bits per heavy atom. The van der Waals surface area contributed by atoms with Crippen LogP contribution in [-0.2, 0) is 28.6 Å². The van der Waals surface area contributed by atoms with Gasteiger partial charge in [0.05, 0.1) is 0 Å². The van der Waals surface area contributed by atoms with Crippen LogP contribution in [0.2, 0.25) is 0 Å². The second kappa shape index (κ2) is 43.5. The van der Waals surface area contributed by atoms with E-state index >= 15 is 0 Å². The Morgan fingerprint density at radius 1 is 0.345 bits per heavy atom. The fourth-order valence-corrected chi connectivity index (χ4v) is 7.73. The Morgan fingerprint density at radius 2 is 0.603 bits per heavy atom. The highest BCUT2D eigenvalue weighted by molar-refractivity contribution is 5.71. The molecule has 0 saturated heterocycles. The van der Waals surface area contributed by atoms with Gasteiger partial charge in [-0.15, -0.1) is 0 Å². The summed E-state index contributed by atoms with van der Waals surface area (Å²) >= 11 is 0. The molecule has 0 radical (unpaired) electrons. The van der Waals surface area contributed by atoms with E-state index in [0.29, 0.717) is 19.3 Å². The van der Waals surface area contributed by atoms with Crippen LogP contribution >= 0.6 is 0 Å². The van der Waals surface area contributed by atoms with Crippen molar-refractivity contribution in [1.82, 2.24) is 0 Å². The van der Waals surface area contributed by atoms with Gasteiger partial charge < -0.3 is 14.2 Å². The molecular formula is C52H100O6. The van der Waals surface area contributed by atoms with Crippen molar-refractivity contribution in [2.45, 2.75) is 285 Å². The SMILES string of the molecule is CCC(C)CCCCCCCCCCCCCCCCC(=O)OC[C@H](COC(=O)CCCCCCCCCC(C)C)OC(=O)CCCCCCCCCCCC(C)C. The van der Waals surface area contributed by atoms with E-state index in [9.17, 15) is 14.4 Å². The van der Waals surface area contributed by atoms with Crippen molar-refractivity contribution in [2.24, 2.45) is 17.8 Å². The molecule has 0 aromatic rings. The predicted octanol–water partition coefficient (Wildman–Crippen LogP) is 16.4.